The fourth-order valence-electron chi connectivity index (χ4n) is 3.12. The molecule has 28 heavy (non-hydrogen) atoms. The molecule has 3 aromatic rings. The minimum Gasteiger partial charge on any atom is -0.487 e. The Hall–Kier alpha value is -3.29. The Morgan fingerprint density at radius 2 is 2.07 bits per heavy atom. The predicted octanol–water partition coefficient (Wildman–Crippen LogP) is 3.10. The molecule has 0 saturated heterocycles. The molecule has 8 heteroatoms. The molecule has 0 unspecified atom stereocenters. The molecule has 0 atom stereocenters. The van der Waals surface area contributed by atoms with Gasteiger partial charge in [-0.15, -0.1) is 0 Å². The lowest BCUT2D eigenvalue weighted by Gasteiger charge is -2.27. The molecule has 0 fully saturated rings. The first kappa shape index (κ1) is 18.1. The minimum atomic E-state index is -0.617. The molecule has 2 aromatic heterocycles. The van der Waals surface area contributed by atoms with Crippen molar-refractivity contribution in [3.05, 3.63) is 76.9 Å². The summed E-state index contributed by atoms with van der Waals surface area (Å²) in [5, 5.41) is 4.45. The van der Waals surface area contributed by atoms with Gasteiger partial charge in [-0.25, -0.2) is 13.8 Å². The van der Waals surface area contributed by atoms with E-state index in [1.165, 1.54) is 24.4 Å². The highest BCUT2D eigenvalue weighted by atomic mass is 19.1. The number of fused-ring (bicyclic) bond motifs is 1. The number of aromatic nitrogens is 3. The van der Waals surface area contributed by atoms with Gasteiger partial charge in [0.25, 0.3) is 5.91 Å². The van der Waals surface area contributed by atoms with E-state index in [9.17, 15) is 13.6 Å². The molecule has 0 radical (unpaired) electrons. The number of aryl methyl sites for hydroxylation is 1. The van der Waals surface area contributed by atoms with Gasteiger partial charge in [0.1, 0.15) is 23.9 Å². The molecule has 6 nitrogen and oxygen atoms in total. The van der Waals surface area contributed by atoms with Crippen LogP contribution in [0.25, 0.3) is 0 Å². The number of rotatable bonds is 4. The molecule has 0 saturated carbocycles. The predicted molar refractivity (Wildman–Crippen MR) is 96.6 cm³/mol. The Labute approximate surface area is 160 Å². The van der Waals surface area contributed by atoms with Crippen molar-refractivity contribution in [3.8, 4) is 5.75 Å². The first-order valence-corrected chi connectivity index (χ1v) is 8.85. The zero-order chi connectivity index (χ0) is 19.7. The number of carbonyl (C=O) groups is 1. The SMILES string of the molecule is Cc1cnc(C(=O)N2CCn3nc(COc4cccc(F)c4)cc3C2)c(F)c1. The molecule has 0 bridgehead atoms. The molecule has 0 spiro atoms. The fourth-order valence-corrected chi connectivity index (χ4v) is 3.12. The van der Waals surface area contributed by atoms with Crippen molar-refractivity contribution in [1.29, 1.82) is 0 Å². The van der Waals surface area contributed by atoms with E-state index < -0.39 is 11.7 Å². The molecule has 1 aromatic carbocycles. The van der Waals surface area contributed by atoms with Crippen LogP contribution in [0.1, 0.15) is 27.4 Å². The molecule has 0 N–H and O–H groups in total. The Bertz CT molecular complexity index is 1030. The summed E-state index contributed by atoms with van der Waals surface area (Å²) in [5.41, 5.74) is 1.99. The number of amides is 1. The summed E-state index contributed by atoms with van der Waals surface area (Å²) in [7, 11) is 0. The van der Waals surface area contributed by atoms with Gasteiger partial charge < -0.3 is 9.64 Å². The van der Waals surface area contributed by atoms with E-state index in [2.05, 4.69) is 10.1 Å². The lowest BCUT2D eigenvalue weighted by atomic mass is 10.2. The normalized spacial score (nSPS) is 13.3. The fraction of sp³-hybridized carbons (Fsp3) is 0.250. The third-order valence-corrected chi connectivity index (χ3v) is 4.50. The number of nitrogens with zero attached hydrogens (tertiary/aromatic N) is 4. The monoisotopic (exact) mass is 384 g/mol. The Balaban J connectivity index is 1.45. The standard InChI is InChI=1S/C20H18F2N4O2/c1-13-7-18(22)19(23-10-13)20(27)25-5-6-26-16(11-25)9-15(24-26)12-28-17-4-2-3-14(21)8-17/h2-4,7-10H,5-6,11-12H2,1H3. The zero-order valence-corrected chi connectivity index (χ0v) is 15.2. The largest absolute Gasteiger partial charge is 0.487 e. The molecular formula is C20H18F2N4O2. The number of pyridine rings is 1. The molecular weight excluding hydrogens is 366 g/mol. The number of benzene rings is 1. The maximum atomic E-state index is 14.1. The Kier molecular flexibility index (Phi) is 4.77. The summed E-state index contributed by atoms with van der Waals surface area (Å²) in [5.74, 6) is -1.01. The average Bonchev–Trinajstić information content (AvgIpc) is 3.08. The number of ether oxygens (including phenoxy) is 1. The van der Waals surface area contributed by atoms with E-state index >= 15 is 0 Å². The van der Waals surface area contributed by atoms with Gasteiger partial charge in [0.2, 0.25) is 0 Å². The smallest absolute Gasteiger partial charge is 0.275 e. The second-order valence-corrected chi connectivity index (χ2v) is 6.67. The lowest BCUT2D eigenvalue weighted by molar-refractivity contribution is 0.0694. The van der Waals surface area contributed by atoms with Crippen LogP contribution in [0.5, 0.6) is 5.75 Å². The van der Waals surface area contributed by atoms with Gasteiger partial charge in [-0.05, 0) is 36.8 Å². The summed E-state index contributed by atoms with van der Waals surface area (Å²) in [4.78, 5) is 18.1. The van der Waals surface area contributed by atoms with E-state index in [0.717, 1.165) is 5.69 Å². The second-order valence-electron chi connectivity index (χ2n) is 6.67. The van der Waals surface area contributed by atoms with E-state index in [1.54, 1.807) is 28.6 Å². The number of carbonyl (C=O) groups excluding carboxylic acids is 1. The van der Waals surface area contributed by atoms with Crippen LogP contribution in [0.15, 0.2) is 42.6 Å². The highest BCUT2D eigenvalue weighted by Crippen LogP contribution is 2.19. The second kappa shape index (κ2) is 7.38. The molecule has 144 valence electrons. The summed E-state index contributed by atoms with van der Waals surface area (Å²) < 4.78 is 34.7. The minimum absolute atomic E-state index is 0.173. The van der Waals surface area contributed by atoms with Crippen LogP contribution in [0.2, 0.25) is 0 Å². The van der Waals surface area contributed by atoms with Crippen molar-refractivity contribution in [3.63, 3.8) is 0 Å². The first-order valence-electron chi connectivity index (χ1n) is 8.85. The van der Waals surface area contributed by atoms with Crippen LogP contribution in [-0.4, -0.2) is 32.1 Å². The third-order valence-electron chi connectivity index (χ3n) is 4.50. The highest BCUT2D eigenvalue weighted by Gasteiger charge is 2.26. The summed E-state index contributed by atoms with van der Waals surface area (Å²) >= 11 is 0. The molecule has 3 heterocycles. The van der Waals surface area contributed by atoms with Gasteiger partial charge >= 0.3 is 0 Å². The third kappa shape index (κ3) is 3.71. The van der Waals surface area contributed by atoms with E-state index in [1.807, 2.05) is 6.07 Å². The van der Waals surface area contributed by atoms with E-state index in [4.69, 9.17) is 4.74 Å². The van der Waals surface area contributed by atoms with Crippen LogP contribution in [-0.2, 0) is 19.7 Å². The van der Waals surface area contributed by atoms with Crippen LogP contribution >= 0.6 is 0 Å². The van der Waals surface area contributed by atoms with Crippen molar-refractivity contribution >= 4 is 5.91 Å². The lowest BCUT2D eigenvalue weighted by Crippen LogP contribution is -2.39. The first-order chi connectivity index (χ1) is 13.5. The maximum Gasteiger partial charge on any atom is 0.275 e. The number of hydrogen-bond acceptors (Lipinski definition) is 4. The van der Waals surface area contributed by atoms with E-state index in [0.29, 0.717) is 36.6 Å². The molecule has 1 amide bonds. The van der Waals surface area contributed by atoms with Crippen molar-refractivity contribution in [1.82, 2.24) is 19.7 Å². The number of halogens is 2. The highest BCUT2D eigenvalue weighted by molar-refractivity contribution is 5.92. The summed E-state index contributed by atoms with van der Waals surface area (Å²) in [6, 6.07) is 9.03. The summed E-state index contributed by atoms with van der Waals surface area (Å²) in [6.07, 6.45) is 1.48. The van der Waals surface area contributed by atoms with Crippen LogP contribution in [0.3, 0.4) is 0 Å². The zero-order valence-electron chi connectivity index (χ0n) is 15.2. The van der Waals surface area contributed by atoms with Crippen molar-refractivity contribution < 1.29 is 18.3 Å². The Morgan fingerprint density at radius 3 is 2.86 bits per heavy atom. The average molecular weight is 384 g/mol. The van der Waals surface area contributed by atoms with Gasteiger partial charge in [0.15, 0.2) is 11.5 Å². The number of hydrogen-bond donors (Lipinski definition) is 0. The van der Waals surface area contributed by atoms with Crippen molar-refractivity contribution in [2.24, 2.45) is 0 Å². The van der Waals surface area contributed by atoms with E-state index in [-0.39, 0.29) is 18.1 Å². The van der Waals surface area contributed by atoms with Gasteiger partial charge in [0, 0.05) is 18.8 Å². The van der Waals surface area contributed by atoms with Crippen molar-refractivity contribution in [2.45, 2.75) is 26.6 Å². The van der Waals surface area contributed by atoms with Gasteiger partial charge in [-0.2, -0.15) is 5.10 Å². The van der Waals surface area contributed by atoms with Gasteiger partial charge in [-0.3, -0.25) is 9.48 Å². The van der Waals surface area contributed by atoms with Crippen LogP contribution in [0.4, 0.5) is 8.78 Å². The van der Waals surface area contributed by atoms with Crippen molar-refractivity contribution in [2.75, 3.05) is 6.54 Å². The maximum absolute atomic E-state index is 14.1. The molecule has 4 rings (SSSR count). The van der Waals surface area contributed by atoms with Crippen LogP contribution < -0.4 is 4.74 Å². The van der Waals surface area contributed by atoms with Crippen LogP contribution in [0, 0.1) is 18.6 Å². The Morgan fingerprint density at radius 1 is 1.21 bits per heavy atom. The molecule has 1 aliphatic rings. The molecule has 0 aliphatic carbocycles. The quantitative estimate of drug-likeness (QED) is 0.694. The molecule has 1 aliphatic heterocycles. The van der Waals surface area contributed by atoms with Gasteiger partial charge in [-0.1, -0.05) is 6.07 Å². The summed E-state index contributed by atoms with van der Waals surface area (Å²) in [6.45, 7) is 3.12. The topological polar surface area (TPSA) is 60.2 Å². The van der Waals surface area contributed by atoms with Gasteiger partial charge in [0.05, 0.1) is 18.8 Å².